The Morgan fingerprint density at radius 1 is 1.45 bits per heavy atom. The van der Waals surface area contributed by atoms with Crippen molar-refractivity contribution in [1.82, 2.24) is 5.32 Å². The molecule has 2 rings (SSSR count). The Kier molecular flexibility index (Phi) is 6.11. The molecular formula is C14H20Cl2N2O2. The van der Waals surface area contributed by atoms with Gasteiger partial charge in [0, 0.05) is 5.69 Å². The van der Waals surface area contributed by atoms with E-state index in [0.29, 0.717) is 16.5 Å². The van der Waals surface area contributed by atoms with E-state index in [1.807, 2.05) is 6.92 Å². The molecule has 0 aliphatic carbocycles. The first kappa shape index (κ1) is 17.1. The highest BCUT2D eigenvalue weighted by atomic mass is 35.5. The third-order valence-corrected chi connectivity index (χ3v) is 3.82. The summed E-state index contributed by atoms with van der Waals surface area (Å²) in [4.78, 5) is 12.3. The first-order valence-corrected chi connectivity index (χ1v) is 6.83. The van der Waals surface area contributed by atoms with Gasteiger partial charge in [-0.1, -0.05) is 11.6 Å². The van der Waals surface area contributed by atoms with Crippen molar-refractivity contribution < 1.29 is 9.53 Å². The molecule has 1 fully saturated rings. The maximum absolute atomic E-state index is 12.3. The van der Waals surface area contributed by atoms with Crippen LogP contribution < -0.4 is 15.4 Å². The van der Waals surface area contributed by atoms with Crippen LogP contribution in [-0.2, 0) is 4.79 Å². The number of methoxy groups -OCH3 is 1. The van der Waals surface area contributed by atoms with Crippen molar-refractivity contribution in [2.45, 2.75) is 31.7 Å². The van der Waals surface area contributed by atoms with Crippen LogP contribution in [0.4, 0.5) is 5.69 Å². The molecule has 4 nitrogen and oxygen atoms in total. The van der Waals surface area contributed by atoms with Crippen LogP contribution >= 0.6 is 24.0 Å². The number of hydrogen-bond donors (Lipinski definition) is 2. The summed E-state index contributed by atoms with van der Waals surface area (Å²) in [6, 6.07) is 5.23. The second kappa shape index (κ2) is 7.16. The van der Waals surface area contributed by atoms with E-state index >= 15 is 0 Å². The quantitative estimate of drug-likeness (QED) is 0.899. The van der Waals surface area contributed by atoms with Crippen LogP contribution in [0.2, 0.25) is 5.02 Å². The molecule has 6 heteroatoms. The highest BCUT2D eigenvalue weighted by Crippen LogP contribution is 2.28. The molecule has 0 spiro atoms. The lowest BCUT2D eigenvalue weighted by Crippen LogP contribution is -2.54. The summed E-state index contributed by atoms with van der Waals surface area (Å²) >= 11 is 6.04. The smallest absolute Gasteiger partial charge is 0.244 e. The van der Waals surface area contributed by atoms with E-state index in [9.17, 15) is 4.79 Å². The first-order chi connectivity index (χ1) is 9.05. The van der Waals surface area contributed by atoms with Gasteiger partial charge >= 0.3 is 0 Å². The highest BCUT2D eigenvalue weighted by Gasteiger charge is 2.34. The maximum atomic E-state index is 12.3. The van der Waals surface area contributed by atoms with Crippen molar-refractivity contribution in [2.24, 2.45) is 0 Å². The summed E-state index contributed by atoms with van der Waals surface area (Å²) in [5, 5.41) is 6.67. The Morgan fingerprint density at radius 2 is 2.20 bits per heavy atom. The third kappa shape index (κ3) is 3.78. The predicted molar refractivity (Wildman–Crippen MR) is 84.1 cm³/mol. The van der Waals surface area contributed by atoms with Crippen molar-refractivity contribution in [3.05, 3.63) is 23.2 Å². The molecular weight excluding hydrogens is 299 g/mol. The molecule has 20 heavy (non-hydrogen) atoms. The molecule has 112 valence electrons. The van der Waals surface area contributed by atoms with Gasteiger partial charge in [-0.25, -0.2) is 0 Å². The SMILES string of the molecule is COc1ccc(NC(=O)C2(C)CCCCN2)cc1Cl.Cl. The van der Waals surface area contributed by atoms with Gasteiger partial charge in [-0.05, 0) is 50.9 Å². The van der Waals surface area contributed by atoms with E-state index in [-0.39, 0.29) is 18.3 Å². The van der Waals surface area contributed by atoms with E-state index in [0.717, 1.165) is 25.8 Å². The molecule has 1 unspecified atom stereocenters. The largest absolute Gasteiger partial charge is 0.495 e. The van der Waals surface area contributed by atoms with Crippen molar-refractivity contribution in [1.29, 1.82) is 0 Å². The molecule has 0 bridgehead atoms. The normalized spacial score (nSPS) is 21.8. The second-order valence-electron chi connectivity index (χ2n) is 5.02. The van der Waals surface area contributed by atoms with E-state index in [2.05, 4.69) is 10.6 Å². The van der Waals surface area contributed by atoms with Crippen LogP contribution in [0.1, 0.15) is 26.2 Å². The van der Waals surface area contributed by atoms with Gasteiger partial charge < -0.3 is 15.4 Å². The number of benzene rings is 1. The van der Waals surface area contributed by atoms with Gasteiger partial charge in [-0.2, -0.15) is 0 Å². The van der Waals surface area contributed by atoms with Crippen molar-refractivity contribution >= 4 is 35.6 Å². The predicted octanol–water partition coefficient (Wildman–Crippen LogP) is 3.24. The second-order valence-corrected chi connectivity index (χ2v) is 5.43. The van der Waals surface area contributed by atoms with Crippen LogP contribution in [-0.4, -0.2) is 25.1 Å². The summed E-state index contributed by atoms with van der Waals surface area (Å²) in [6.45, 7) is 2.82. The topological polar surface area (TPSA) is 50.4 Å². The Hall–Kier alpha value is -0.970. The summed E-state index contributed by atoms with van der Waals surface area (Å²) in [5.41, 5.74) is 0.189. The minimum atomic E-state index is -0.495. The molecule has 1 heterocycles. The lowest BCUT2D eigenvalue weighted by atomic mass is 9.90. The van der Waals surface area contributed by atoms with E-state index in [1.165, 1.54) is 0 Å². The minimum absolute atomic E-state index is 0. The minimum Gasteiger partial charge on any atom is -0.495 e. The molecule has 2 N–H and O–H groups in total. The molecule has 1 aromatic rings. The Balaban J connectivity index is 0.00000200. The molecule has 1 saturated heterocycles. The summed E-state index contributed by atoms with van der Waals surface area (Å²) in [5.74, 6) is 0.579. The van der Waals surface area contributed by atoms with Gasteiger partial charge in [0.25, 0.3) is 0 Å². The fraction of sp³-hybridized carbons (Fsp3) is 0.500. The Morgan fingerprint density at radius 3 is 2.75 bits per heavy atom. The number of halogens is 2. The lowest BCUT2D eigenvalue weighted by molar-refractivity contribution is -0.122. The maximum Gasteiger partial charge on any atom is 0.244 e. The summed E-state index contributed by atoms with van der Waals surface area (Å²) in [7, 11) is 1.56. The zero-order valence-corrected chi connectivity index (χ0v) is 13.2. The molecule has 1 atom stereocenters. The van der Waals surface area contributed by atoms with Crippen molar-refractivity contribution in [3.8, 4) is 5.75 Å². The number of anilines is 1. The third-order valence-electron chi connectivity index (χ3n) is 3.53. The average Bonchev–Trinajstić information content (AvgIpc) is 2.40. The zero-order valence-electron chi connectivity index (χ0n) is 11.7. The number of amides is 1. The van der Waals surface area contributed by atoms with Crippen LogP contribution in [0, 0.1) is 0 Å². The number of piperidine rings is 1. The number of hydrogen-bond acceptors (Lipinski definition) is 3. The Bertz CT molecular complexity index is 474. The monoisotopic (exact) mass is 318 g/mol. The molecule has 0 saturated carbocycles. The molecule has 1 aliphatic rings. The number of carbonyl (C=O) groups excluding carboxylic acids is 1. The van der Waals surface area contributed by atoms with E-state index in [4.69, 9.17) is 16.3 Å². The van der Waals surface area contributed by atoms with Gasteiger partial charge in [-0.15, -0.1) is 12.4 Å². The van der Waals surface area contributed by atoms with E-state index in [1.54, 1.807) is 25.3 Å². The standard InChI is InChI=1S/C14H19ClN2O2.ClH/c1-14(7-3-4-8-16-14)13(18)17-10-5-6-12(19-2)11(15)9-10;/h5-6,9,16H,3-4,7-8H2,1-2H3,(H,17,18);1H. The highest BCUT2D eigenvalue weighted by molar-refractivity contribution is 6.32. The van der Waals surface area contributed by atoms with Crippen LogP contribution in [0.5, 0.6) is 5.75 Å². The van der Waals surface area contributed by atoms with Gasteiger partial charge in [0.15, 0.2) is 0 Å². The molecule has 0 radical (unpaired) electrons. The van der Waals surface area contributed by atoms with Crippen LogP contribution in [0.25, 0.3) is 0 Å². The lowest BCUT2D eigenvalue weighted by Gasteiger charge is -2.33. The van der Waals surface area contributed by atoms with Gasteiger partial charge in [0.2, 0.25) is 5.91 Å². The fourth-order valence-electron chi connectivity index (χ4n) is 2.26. The summed E-state index contributed by atoms with van der Waals surface area (Å²) in [6.07, 6.45) is 3.04. The van der Waals surface area contributed by atoms with Gasteiger partial charge in [-0.3, -0.25) is 4.79 Å². The molecule has 1 amide bonds. The van der Waals surface area contributed by atoms with Crippen molar-refractivity contribution in [2.75, 3.05) is 19.0 Å². The van der Waals surface area contributed by atoms with Gasteiger partial charge in [0.05, 0.1) is 17.7 Å². The zero-order chi connectivity index (χ0) is 13.9. The van der Waals surface area contributed by atoms with Crippen LogP contribution in [0.15, 0.2) is 18.2 Å². The van der Waals surface area contributed by atoms with E-state index < -0.39 is 5.54 Å². The number of rotatable bonds is 3. The first-order valence-electron chi connectivity index (χ1n) is 6.45. The Labute approximate surface area is 130 Å². The number of nitrogens with one attached hydrogen (secondary N) is 2. The number of carbonyl (C=O) groups is 1. The van der Waals surface area contributed by atoms with Crippen molar-refractivity contribution in [3.63, 3.8) is 0 Å². The molecule has 0 aromatic heterocycles. The molecule has 1 aliphatic heterocycles. The summed E-state index contributed by atoms with van der Waals surface area (Å²) < 4.78 is 5.08. The molecule has 1 aromatic carbocycles. The fourth-order valence-corrected chi connectivity index (χ4v) is 2.52. The van der Waals surface area contributed by atoms with Crippen LogP contribution in [0.3, 0.4) is 0 Å². The number of ether oxygens (including phenoxy) is 1. The average molecular weight is 319 g/mol. The van der Waals surface area contributed by atoms with Gasteiger partial charge in [0.1, 0.15) is 5.75 Å².